The van der Waals surface area contributed by atoms with Crippen molar-refractivity contribution in [3.05, 3.63) is 53.7 Å². The summed E-state index contributed by atoms with van der Waals surface area (Å²) < 4.78 is 10.6. The van der Waals surface area contributed by atoms with Crippen LogP contribution in [0.1, 0.15) is 16.1 Å². The Labute approximate surface area is 149 Å². The van der Waals surface area contributed by atoms with Gasteiger partial charge in [-0.05, 0) is 31.2 Å². The van der Waals surface area contributed by atoms with Crippen molar-refractivity contribution < 1.29 is 14.3 Å². The van der Waals surface area contributed by atoms with Gasteiger partial charge >= 0.3 is 0 Å². The predicted octanol–water partition coefficient (Wildman–Crippen LogP) is 3.73. The summed E-state index contributed by atoms with van der Waals surface area (Å²) in [5.41, 5.74) is 2.89. The number of H-pyrrole nitrogens is 1. The molecule has 3 aromatic rings. The van der Waals surface area contributed by atoms with E-state index in [0.717, 1.165) is 17.0 Å². The number of aromatic amines is 1. The molecular weight excluding hydrogens is 336 g/mol. The summed E-state index contributed by atoms with van der Waals surface area (Å²) in [7, 11) is 0. The highest BCUT2D eigenvalue weighted by atomic mass is 32.2. The lowest BCUT2D eigenvalue weighted by atomic mass is 10.2. The molecule has 1 aliphatic rings. The standard InChI is InChI=1S/C19H18N2O3S/c1-12-18(14-4-2-3-5-15(14)21-12)25-9-8-20-19(22)13-6-7-16-17(10-13)24-11-23-16/h2-7,10,21H,8-9,11H2,1H3,(H,20,22). The van der Waals surface area contributed by atoms with Crippen LogP contribution in [0.15, 0.2) is 47.4 Å². The number of hydrogen-bond acceptors (Lipinski definition) is 4. The van der Waals surface area contributed by atoms with E-state index in [1.54, 1.807) is 30.0 Å². The lowest BCUT2D eigenvalue weighted by molar-refractivity contribution is 0.0955. The number of para-hydroxylation sites is 1. The second-order valence-electron chi connectivity index (χ2n) is 5.80. The summed E-state index contributed by atoms with van der Waals surface area (Å²) in [5.74, 6) is 2.01. The summed E-state index contributed by atoms with van der Waals surface area (Å²) in [6.07, 6.45) is 0. The van der Waals surface area contributed by atoms with Crippen molar-refractivity contribution in [2.75, 3.05) is 19.1 Å². The molecule has 5 nitrogen and oxygen atoms in total. The van der Waals surface area contributed by atoms with Gasteiger partial charge in [0, 0.05) is 39.4 Å². The molecule has 0 atom stereocenters. The van der Waals surface area contributed by atoms with Gasteiger partial charge in [-0.2, -0.15) is 0 Å². The van der Waals surface area contributed by atoms with E-state index in [1.807, 2.05) is 12.1 Å². The molecule has 0 fully saturated rings. The van der Waals surface area contributed by atoms with Gasteiger partial charge in [0.2, 0.25) is 6.79 Å². The molecule has 6 heteroatoms. The molecule has 2 aromatic carbocycles. The number of fused-ring (bicyclic) bond motifs is 2. The maximum atomic E-state index is 12.3. The van der Waals surface area contributed by atoms with E-state index in [0.29, 0.717) is 23.6 Å². The van der Waals surface area contributed by atoms with Crippen molar-refractivity contribution in [1.82, 2.24) is 10.3 Å². The lowest BCUT2D eigenvalue weighted by Gasteiger charge is -2.06. The highest BCUT2D eigenvalue weighted by Crippen LogP contribution is 2.33. The third-order valence-electron chi connectivity index (χ3n) is 4.10. The van der Waals surface area contributed by atoms with Crippen molar-refractivity contribution in [2.24, 2.45) is 0 Å². The number of aryl methyl sites for hydroxylation is 1. The molecule has 0 bridgehead atoms. The minimum Gasteiger partial charge on any atom is -0.454 e. The molecule has 0 aliphatic carbocycles. The van der Waals surface area contributed by atoms with Crippen molar-refractivity contribution in [3.8, 4) is 11.5 Å². The number of benzene rings is 2. The number of carbonyl (C=O) groups excluding carboxylic acids is 1. The predicted molar refractivity (Wildman–Crippen MR) is 98.7 cm³/mol. The maximum Gasteiger partial charge on any atom is 0.251 e. The van der Waals surface area contributed by atoms with Gasteiger partial charge < -0.3 is 19.8 Å². The molecule has 128 valence electrons. The van der Waals surface area contributed by atoms with E-state index in [1.165, 1.54) is 10.3 Å². The fraction of sp³-hybridized carbons (Fsp3) is 0.211. The minimum atomic E-state index is -0.102. The molecule has 1 aliphatic heterocycles. The highest BCUT2D eigenvalue weighted by molar-refractivity contribution is 7.99. The largest absolute Gasteiger partial charge is 0.454 e. The molecule has 1 amide bonds. The van der Waals surface area contributed by atoms with Crippen LogP contribution >= 0.6 is 11.8 Å². The Balaban J connectivity index is 1.34. The summed E-state index contributed by atoms with van der Waals surface area (Å²) in [6, 6.07) is 13.5. The number of nitrogens with one attached hydrogen (secondary N) is 2. The molecule has 25 heavy (non-hydrogen) atoms. The zero-order valence-electron chi connectivity index (χ0n) is 13.8. The van der Waals surface area contributed by atoms with Crippen LogP contribution in [0.25, 0.3) is 10.9 Å². The molecule has 2 heterocycles. The minimum absolute atomic E-state index is 0.102. The summed E-state index contributed by atoms with van der Waals surface area (Å²) in [4.78, 5) is 16.9. The van der Waals surface area contributed by atoms with E-state index in [2.05, 4.69) is 29.4 Å². The molecule has 0 spiro atoms. The van der Waals surface area contributed by atoms with Gasteiger partial charge in [0.1, 0.15) is 0 Å². The Morgan fingerprint density at radius 2 is 2.04 bits per heavy atom. The number of ether oxygens (including phenoxy) is 2. The second kappa shape index (κ2) is 6.72. The lowest BCUT2D eigenvalue weighted by Crippen LogP contribution is -2.25. The molecule has 4 rings (SSSR count). The molecule has 0 saturated carbocycles. The third kappa shape index (κ3) is 3.17. The molecule has 0 unspecified atom stereocenters. The Hall–Kier alpha value is -2.60. The monoisotopic (exact) mass is 354 g/mol. The van der Waals surface area contributed by atoms with Crippen LogP contribution in [0.5, 0.6) is 11.5 Å². The van der Waals surface area contributed by atoms with E-state index >= 15 is 0 Å². The van der Waals surface area contributed by atoms with Crippen LogP contribution in [0.4, 0.5) is 0 Å². The average Bonchev–Trinajstić information content (AvgIpc) is 3.21. The van der Waals surface area contributed by atoms with E-state index in [9.17, 15) is 4.79 Å². The molecule has 1 aromatic heterocycles. The van der Waals surface area contributed by atoms with Crippen LogP contribution in [-0.4, -0.2) is 30.0 Å². The first-order valence-electron chi connectivity index (χ1n) is 8.10. The third-order valence-corrected chi connectivity index (χ3v) is 5.33. The van der Waals surface area contributed by atoms with Crippen molar-refractivity contribution in [1.29, 1.82) is 0 Å². The van der Waals surface area contributed by atoms with Gasteiger partial charge in [-0.25, -0.2) is 0 Å². The van der Waals surface area contributed by atoms with Gasteiger partial charge in [0.15, 0.2) is 11.5 Å². The smallest absolute Gasteiger partial charge is 0.251 e. The average molecular weight is 354 g/mol. The molecule has 2 N–H and O–H groups in total. The molecular formula is C19H18N2O3S. The molecule has 0 saturated heterocycles. The number of thioether (sulfide) groups is 1. The Morgan fingerprint density at radius 3 is 2.96 bits per heavy atom. The number of carbonyl (C=O) groups is 1. The number of hydrogen-bond donors (Lipinski definition) is 2. The number of amides is 1. The first kappa shape index (κ1) is 15.9. The van der Waals surface area contributed by atoms with Crippen molar-refractivity contribution in [2.45, 2.75) is 11.8 Å². The summed E-state index contributed by atoms with van der Waals surface area (Å²) in [6.45, 7) is 2.88. The number of aromatic nitrogens is 1. The number of rotatable bonds is 5. The van der Waals surface area contributed by atoms with Crippen LogP contribution in [0, 0.1) is 6.92 Å². The highest BCUT2D eigenvalue weighted by Gasteiger charge is 2.16. The van der Waals surface area contributed by atoms with Gasteiger partial charge in [0.05, 0.1) is 0 Å². The first-order chi connectivity index (χ1) is 12.2. The zero-order valence-corrected chi connectivity index (χ0v) is 14.6. The van der Waals surface area contributed by atoms with Gasteiger partial charge in [-0.3, -0.25) is 4.79 Å². The van der Waals surface area contributed by atoms with Gasteiger partial charge in [0.25, 0.3) is 5.91 Å². The fourth-order valence-corrected chi connectivity index (χ4v) is 3.90. The van der Waals surface area contributed by atoms with E-state index in [4.69, 9.17) is 9.47 Å². The fourth-order valence-electron chi connectivity index (χ4n) is 2.89. The second-order valence-corrected chi connectivity index (χ2v) is 6.90. The molecule has 0 radical (unpaired) electrons. The Kier molecular flexibility index (Phi) is 4.28. The maximum absolute atomic E-state index is 12.3. The normalized spacial score (nSPS) is 12.5. The Morgan fingerprint density at radius 1 is 1.20 bits per heavy atom. The topological polar surface area (TPSA) is 63.4 Å². The zero-order chi connectivity index (χ0) is 17.2. The van der Waals surface area contributed by atoms with Crippen LogP contribution < -0.4 is 14.8 Å². The van der Waals surface area contributed by atoms with Crippen molar-refractivity contribution in [3.63, 3.8) is 0 Å². The Bertz CT molecular complexity index is 936. The van der Waals surface area contributed by atoms with Gasteiger partial charge in [-0.1, -0.05) is 18.2 Å². The van der Waals surface area contributed by atoms with Gasteiger partial charge in [-0.15, -0.1) is 11.8 Å². The van der Waals surface area contributed by atoms with Crippen LogP contribution in [0.2, 0.25) is 0 Å². The first-order valence-corrected chi connectivity index (χ1v) is 9.09. The SMILES string of the molecule is Cc1[nH]c2ccccc2c1SCCNC(=O)c1ccc2c(c1)OCO2. The summed E-state index contributed by atoms with van der Waals surface area (Å²) in [5, 5.41) is 4.18. The van der Waals surface area contributed by atoms with Crippen molar-refractivity contribution >= 4 is 28.6 Å². The van der Waals surface area contributed by atoms with E-state index < -0.39 is 0 Å². The van der Waals surface area contributed by atoms with Crippen LogP contribution in [-0.2, 0) is 0 Å². The summed E-state index contributed by atoms with van der Waals surface area (Å²) >= 11 is 1.75. The quantitative estimate of drug-likeness (QED) is 0.541. The van der Waals surface area contributed by atoms with E-state index in [-0.39, 0.29) is 12.7 Å². The van der Waals surface area contributed by atoms with Crippen LogP contribution in [0.3, 0.4) is 0 Å².